The molecular formula is C20H33IN6O. The minimum Gasteiger partial charge on any atom is -0.383 e. The van der Waals surface area contributed by atoms with Crippen LogP contribution in [0, 0.1) is 0 Å². The van der Waals surface area contributed by atoms with Crippen molar-refractivity contribution in [3.8, 4) is 0 Å². The Hall–Kier alpha value is -1.65. The van der Waals surface area contributed by atoms with Crippen molar-refractivity contribution < 1.29 is 5.11 Å². The number of benzene rings is 1. The fraction of sp³-hybridized carbons (Fsp3) is 0.500. The van der Waals surface area contributed by atoms with E-state index in [0.29, 0.717) is 19.0 Å². The van der Waals surface area contributed by atoms with Crippen LogP contribution < -0.4 is 10.6 Å². The Labute approximate surface area is 185 Å². The van der Waals surface area contributed by atoms with E-state index in [1.807, 2.05) is 20.2 Å². The van der Waals surface area contributed by atoms with Gasteiger partial charge in [-0.25, -0.2) is 4.99 Å². The molecule has 0 aliphatic rings. The van der Waals surface area contributed by atoms with Gasteiger partial charge < -0.3 is 20.6 Å². The normalized spacial score (nSPS) is 13.8. The lowest BCUT2D eigenvalue weighted by molar-refractivity contribution is 0.0616. The van der Waals surface area contributed by atoms with Gasteiger partial charge in [-0.05, 0) is 39.1 Å². The summed E-state index contributed by atoms with van der Waals surface area (Å²) in [6, 6.07) is 8.45. The van der Waals surface area contributed by atoms with Crippen molar-refractivity contribution in [2.45, 2.75) is 32.5 Å². The van der Waals surface area contributed by atoms with E-state index >= 15 is 0 Å². The highest BCUT2D eigenvalue weighted by Crippen LogP contribution is 2.18. The minimum absolute atomic E-state index is 0. The maximum absolute atomic E-state index is 10.7. The number of hydrogen-bond acceptors (Lipinski definition) is 4. The topological polar surface area (TPSA) is 77.7 Å². The summed E-state index contributed by atoms with van der Waals surface area (Å²) in [5.74, 6) is 0.680. The summed E-state index contributed by atoms with van der Waals surface area (Å²) in [5, 5.41) is 21.3. The second kappa shape index (κ2) is 11.4. The van der Waals surface area contributed by atoms with Gasteiger partial charge in [0.05, 0.1) is 19.3 Å². The van der Waals surface area contributed by atoms with Crippen LogP contribution >= 0.6 is 24.0 Å². The molecule has 0 saturated heterocycles. The zero-order valence-electron chi connectivity index (χ0n) is 17.4. The predicted molar refractivity (Wildman–Crippen MR) is 125 cm³/mol. The van der Waals surface area contributed by atoms with Crippen LogP contribution in [0.3, 0.4) is 0 Å². The molecule has 2 rings (SSSR count). The largest absolute Gasteiger partial charge is 0.383 e. The monoisotopic (exact) mass is 500 g/mol. The summed E-state index contributed by atoms with van der Waals surface area (Å²) >= 11 is 0. The average molecular weight is 500 g/mol. The Bertz CT molecular complexity index is 757. The molecule has 0 fully saturated rings. The highest BCUT2D eigenvalue weighted by atomic mass is 127. The summed E-state index contributed by atoms with van der Waals surface area (Å²) < 4.78 is 1.68. The zero-order valence-corrected chi connectivity index (χ0v) is 19.8. The van der Waals surface area contributed by atoms with Gasteiger partial charge in [0.2, 0.25) is 0 Å². The van der Waals surface area contributed by atoms with E-state index in [-0.39, 0.29) is 24.0 Å². The van der Waals surface area contributed by atoms with Gasteiger partial charge in [-0.2, -0.15) is 5.10 Å². The van der Waals surface area contributed by atoms with Gasteiger partial charge in [0.15, 0.2) is 5.96 Å². The van der Waals surface area contributed by atoms with Crippen molar-refractivity contribution in [2.24, 2.45) is 12.0 Å². The molecule has 1 aromatic heterocycles. The Balaban J connectivity index is 0.00000392. The molecule has 0 spiro atoms. The van der Waals surface area contributed by atoms with Gasteiger partial charge in [0, 0.05) is 31.9 Å². The van der Waals surface area contributed by atoms with Gasteiger partial charge >= 0.3 is 0 Å². The first-order chi connectivity index (χ1) is 12.8. The first-order valence-corrected chi connectivity index (χ1v) is 9.26. The molecule has 2 aromatic rings. The van der Waals surface area contributed by atoms with E-state index < -0.39 is 5.60 Å². The summed E-state index contributed by atoms with van der Waals surface area (Å²) in [6.45, 7) is 6.36. The lowest BCUT2D eigenvalue weighted by atomic mass is 10.00. The van der Waals surface area contributed by atoms with Gasteiger partial charge in [0.25, 0.3) is 0 Å². The maximum Gasteiger partial charge on any atom is 0.191 e. The SMILES string of the molecule is CCNC(=NCc1cccc(CN(C)C)c1)NCC(C)(O)c1cnn(C)c1.I. The van der Waals surface area contributed by atoms with Crippen molar-refractivity contribution in [1.29, 1.82) is 0 Å². The molecule has 8 heteroatoms. The van der Waals surface area contributed by atoms with Crippen LogP contribution in [0.25, 0.3) is 0 Å². The number of guanidine groups is 1. The van der Waals surface area contributed by atoms with E-state index in [0.717, 1.165) is 24.2 Å². The van der Waals surface area contributed by atoms with Crippen LogP contribution in [-0.4, -0.2) is 52.9 Å². The second-order valence-electron chi connectivity index (χ2n) is 7.28. The van der Waals surface area contributed by atoms with E-state index in [4.69, 9.17) is 0 Å². The van der Waals surface area contributed by atoms with Gasteiger partial charge in [-0.15, -0.1) is 24.0 Å². The van der Waals surface area contributed by atoms with E-state index in [2.05, 4.69) is 64.0 Å². The van der Waals surface area contributed by atoms with Gasteiger partial charge in [-0.1, -0.05) is 24.3 Å². The molecule has 1 unspecified atom stereocenters. The fourth-order valence-corrected chi connectivity index (χ4v) is 2.76. The second-order valence-corrected chi connectivity index (χ2v) is 7.28. The number of aryl methyl sites for hydroxylation is 1. The molecule has 7 nitrogen and oxygen atoms in total. The van der Waals surface area contributed by atoms with E-state index in [9.17, 15) is 5.11 Å². The number of aliphatic hydroxyl groups is 1. The Kier molecular flexibility index (Phi) is 9.91. The third-order valence-corrected chi connectivity index (χ3v) is 4.18. The molecule has 3 N–H and O–H groups in total. The molecule has 0 aliphatic carbocycles. The van der Waals surface area contributed by atoms with Crippen molar-refractivity contribution >= 4 is 29.9 Å². The number of nitrogens with one attached hydrogen (secondary N) is 2. The van der Waals surface area contributed by atoms with Crippen LogP contribution in [-0.2, 0) is 25.7 Å². The molecule has 156 valence electrons. The molecule has 0 saturated carbocycles. The zero-order chi connectivity index (χ0) is 19.9. The lowest BCUT2D eigenvalue weighted by Gasteiger charge is -2.23. The highest BCUT2D eigenvalue weighted by Gasteiger charge is 2.24. The van der Waals surface area contributed by atoms with E-state index in [1.165, 1.54) is 5.56 Å². The van der Waals surface area contributed by atoms with Crippen molar-refractivity contribution in [1.82, 2.24) is 25.3 Å². The van der Waals surface area contributed by atoms with Crippen LogP contribution in [0.4, 0.5) is 0 Å². The third-order valence-electron chi connectivity index (χ3n) is 4.18. The molecule has 0 aliphatic heterocycles. The first-order valence-electron chi connectivity index (χ1n) is 9.26. The standard InChI is InChI=1S/C20H32N6O.HI/c1-6-21-19(23-15-20(2,27)18-12-24-26(5)14-18)22-11-16-8-7-9-17(10-16)13-25(3)4;/h7-10,12,14,27H,6,11,13,15H2,1-5H3,(H2,21,22,23);1H. The van der Waals surface area contributed by atoms with Crippen molar-refractivity contribution in [3.05, 3.63) is 53.3 Å². The Morgan fingerprint density at radius 3 is 2.61 bits per heavy atom. The first kappa shape index (κ1) is 24.4. The number of aromatic nitrogens is 2. The molecule has 1 atom stereocenters. The summed E-state index contributed by atoms with van der Waals surface area (Å²) in [4.78, 5) is 6.80. The molecule has 0 amide bonds. The molecule has 28 heavy (non-hydrogen) atoms. The third kappa shape index (κ3) is 7.76. The number of halogens is 1. The Morgan fingerprint density at radius 1 is 1.29 bits per heavy atom. The summed E-state index contributed by atoms with van der Waals surface area (Å²) in [6.07, 6.45) is 3.50. The smallest absolute Gasteiger partial charge is 0.191 e. The van der Waals surface area contributed by atoms with Gasteiger partial charge in [-0.3, -0.25) is 4.68 Å². The van der Waals surface area contributed by atoms with Crippen molar-refractivity contribution in [3.63, 3.8) is 0 Å². The molecule has 0 radical (unpaired) electrons. The lowest BCUT2D eigenvalue weighted by Crippen LogP contribution is -2.44. The fourth-order valence-electron chi connectivity index (χ4n) is 2.76. The molecule has 0 bridgehead atoms. The summed E-state index contributed by atoms with van der Waals surface area (Å²) in [7, 11) is 5.96. The van der Waals surface area contributed by atoms with Gasteiger partial charge in [0.1, 0.15) is 5.60 Å². The number of aliphatic imine (C=N–C) groups is 1. The van der Waals surface area contributed by atoms with E-state index in [1.54, 1.807) is 17.8 Å². The van der Waals surface area contributed by atoms with Crippen LogP contribution in [0.15, 0.2) is 41.7 Å². The summed E-state index contributed by atoms with van der Waals surface area (Å²) in [5.41, 5.74) is 2.16. The average Bonchev–Trinajstić information content (AvgIpc) is 3.04. The van der Waals surface area contributed by atoms with Crippen molar-refractivity contribution in [2.75, 3.05) is 27.2 Å². The predicted octanol–water partition coefficient (Wildman–Crippen LogP) is 2.06. The van der Waals surface area contributed by atoms with Crippen LogP contribution in [0.2, 0.25) is 0 Å². The highest BCUT2D eigenvalue weighted by molar-refractivity contribution is 14.0. The quantitative estimate of drug-likeness (QED) is 0.294. The van der Waals surface area contributed by atoms with Crippen LogP contribution in [0.1, 0.15) is 30.5 Å². The molecule has 1 aromatic carbocycles. The molecule has 1 heterocycles. The number of hydrogen-bond donors (Lipinski definition) is 3. The maximum atomic E-state index is 10.7. The number of nitrogens with zero attached hydrogens (tertiary/aromatic N) is 4. The Morgan fingerprint density at radius 2 is 2.00 bits per heavy atom. The molecular weight excluding hydrogens is 467 g/mol. The minimum atomic E-state index is -1.03. The van der Waals surface area contributed by atoms with Crippen LogP contribution in [0.5, 0.6) is 0 Å². The number of rotatable bonds is 8.